The van der Waals surface area contributed by atoms with Gasteiger partial charge in [0, 0.05) is 12.1 Å². The molecule has 4 aliphatic rings. The van der Waals surface area contributed by atoms with E-state index in [2.05, 4.69) is 5.32 Å². The number of anilines is 1. The molecule has 1 amide bonds. The van der Waals surface area contributed by atoms with Crippen LogP contribution in [0.2, 0.25) is 0 Å². The Hall–Kier alpha value is -1.35. The van der Waals surface area contributed by atoms with Gasteiger partial charge in [0.2, 0.25) is 5.91 Å². The van der Waals surface area contributed by atoms with Gasteiger partial charge in [0.15, 0.2) is 0 Å². The summed E-state index contributed by atoms with van der Waals surface area (Å²) in [5, 5.41) is 12.4. The zero-order valence-corrected chi connectivity index (χ0v) is 14.0. The van der Waals surface area contributed by atoms with Crippen molar-refractivity contribution in [3.05, 3.63) is 29.3 Å². The van der Waals surface area contributed by atoms with Gasteiger partial charge >= 0.3 is 0 Å². The largest absolute Gasteiger partial charge is 0.392 e. The van der Waals surface area contributed by atoms with E-state index in [4.69, 9.17) is 0 Å². The van der Waals surface area contributed by atoms with Crippen LogP contribution in [0.25, 0.3) is 0 Å². The number of aliphatic hydroxyl groups excluding tert-OH is 1. The van der Waals surface area contributed by atoms with Gasteiger partial charge in [0.25, 0.3) is 0 Å². The molecular formula is C20H27NO2. The minimum absolute atomic E-state index is 0.0120. The number of aliphatic hydroxyl groups is 1. The second-order valence-corrected chi connectivity index (χ2v) is 8.45. The highest BCUT2D eigenvalue weighted by molar-refractivity contribution is 5.92. The van der Waals surface area contributed by atoms with E-state index in [-0.39, 0.29) is 17.9 Å². The highest BCUT2D eigenvalue weighted by atomic mass is 16.3. The van der Waals surface area contributed by atoms with Crippen LogP contribution < -0.4 is 5.32 Å². The Labute approximate surface area is 138 Å². The highest BCUT2D eigenvalue weighted by Crippen LogP contribution is 2.61. The normalized spacial score (nSPS) is 34.6. The van der Waals surface area contributed by atoms with Gasteiger partial charge in [-0.25, -0.2) is 0 Å². The van der Waals surface area contributed by atoms with E-state index in [1.807, 2.05) is 25.1 Å². The average Bonchev–Trinajstić information content (AvgIpc) is 2.47. The molecule has 0 spiro atoms. The van der Waals surface area contributed by atoms with Crippen LogP contribution in [-0.4, -0.2) is 11.0 Å². The van der Waals surface area contributed by atoms with E-state index < -0.39 is 0 Å². The van der Waals surface area contributed by atoms with Crippen molar-refractivity contribution in [2.24, 2.45) is 23.2 Å². The van der Waals surface area contributed by atoms with Crippen LogP contribution in [0, 0.1) is 30.1 Å². The lowest BCUT2D eigenvalue weighted by Crippen LogP contribution is -2.47. The van der Waals surface area contributed by atoms with Crippen molar-refractivity contribution >= 4 is 11.6 Å². The molecule has 3 heteroatoms. The van der Waals surface area contributed by atoms with Crippen molar-refractivity contribution in [1.82, 2.24) is 0 Å². The first-order valence-corrected chi connectivity index (χ1v) is 9.05. The Balaban J connectivity index is 1.46. The Morgan fingerprint density at radius 2 is 1.78 bits per heavy atom. The molecule has 4 fully saturated rings. The number of carbonyl (C=O) groups excluding carboxylic acids is 1. The molecule has 0 heterocycles. The van der Waals surface area contributed by atoms with Crippen molar-refractivity contribution in [1.29, 1.82) is 0 Å². The summed E-state index contributed by atoms with van der Waals surface area (Å²) < 4.78 is 0. The summed E-state index contributed by atoms with van der Waals surface area (Å²) in [6.07, 6.45) is 8.72. The molecule has 23 heavy (non-hydrogen) atoms. The molecule has 4 aliphatic carbocycles. The first kappa shape index (κ1) is 15.2. The summed E-state index contributed by atoms with van der Waals surface area (Å²) in [5.41, 5.74) is 3.04. The van der Waals surface area contributed by atoms with Gasteiger partial charge in [-0.3, -0.25) is 4.79 Å². The van der Waals surface area contributed by atoms with Crippen LogP contribution >= 0.6 is 0 Å². The minimum Gasteiger partial charge on any atom is -0.392 e. The third-order valence-electron chi connectivity index (χ3n) is 6.46. The lowest BCUT2D eigenvalue weighted by atomic mass is 9.49. The van der Waals surface area contributed by atoms with Gasteiger partial charge < -0.3 is 10.4 Å². The maximum absolute atomic E-state index is 12.7. The molecule has 4 bridgehead atoms. The Morgan fingerprint density at radius 1 is 1.17 bits per heavy atom. The fourth-order valence-electron chi connectivity index (χ4n) is 5.94. The van der Waals surface area contributed by atoms with Crippen molar-refractivity contribution < 1.29 is 9.90 Å². The van der Waals surface area contributed by atoms with E-state index in [9.17, 15) is 9.90 Å². The lowest BCUT2D eigenvalue weighted by molar-refractivity contribution is -0.124. The van der Waals surface area contributed by atoms with Gasteiger partial charge in [0.1, 0.15) is 0 Å². The third-order valence-corrected chi connectivity index (χ3v) is 6.46. The monoisotopic (exact) mass is 313 g/mol. The maximum atomic E-state index is 12.7. The Bertz CT molecular complexity index is 587. The van der Waals surface area contributed by atoms with Crippen molar-refractivity contribution in [3.63, 3.8) is 0 Å². The number of hydrogen-bond acceptors (Lipinski definition) is 2. The van der Waals surface area contributed by atoms with Crippen molar-refractivity contribution in [3.8, 4) is 0 Å². The summed E-state index contributed by atoms with van der Waals surface area (Å²) in [4.78, 5) is 12.7. The van der Waals surface area contributed by atoms with Gasteiger partial charge in [-0.05, 0) is 85.8 Å². The van der Waals surface area contributed by atoms with E-state index in [0.29, 0.717) is 6.42 Å². The van der Waals surface area contributed by atoms with E-state index in [1.54, 1.807) is 0 Å². The third kappa shape index (κ3) is 2.91. The number of hydrogen-bond donors (Lipinski definition) is 2. The molecule has 0 saturated heterocycles. The standard InChI is InChI=1S/C20H27NO2/c1-13-2-3-14(12-22)7-18(13)21-19(23)11-20-8-15-4-16(9-20)6-17(5-15)10-20/h2-3,7,15-17,22H,4-6,8-12H2,1H3,(H,21,23). The number of amides is 1. The van der Waals surface area contributed by atoms with Crippen LogP contribution in [0.4, 0.5) is 5.69 Å². The van der Waals surface area contributed by atoms with Crippen LogP contribution in [0.5, 0.6) is 0 Å². The number of carbonyl (C=O) groups is 1. The highest BCUT2D eigenvalue weighted by Gasteiger charge is 2.51. The molecule has 0 radical (unpaired) electrons. The summed E-state index contributed by atoms with van der Waals surface area (Å²) in [6, 6.07) is 5.77. The molecule has 124 valence electrons. The molecule has 0 aromatic heterocycles. The molecule has 4 saturated carbocycles. The molecule has 5 rings (SSSR count). The van der Waals surface area contributed by atoms with Crippen molar-refractivity contribution in [2.45, 2.75) is 58.5 Å². The summed E-state index contributed by atoms with van der Waals surface area (Å²) in [5.74, 6) is 2.81. The zero-order valence-electron chi connectivity index (χ0n) is 14.0. The van der Waals surface area contributed by atoms with E-state index >= 15 is 0 Å². The fraction of sp³-hybridized carbons (Fsp3) is 0.650. The second-order valence-electron chi connectivity index (χ2n) is 8.45. The first-order valence-electron chi connectivity index (χ1n) is 9.05. The van der Waals surface area contributed by atoms with Gasteiger partial charge in [-0.1, -0.05) is 12.1 Å². The molecule has 0 aliphatic heterocycles. The zero-order chi connectivity index (χ0) is 16.0. The van der Waals surface area contributed by atoms with Gasteiger partial charge in [0.05, 0.1) is 6.61 Å². The molecular weight excluding hydrogens is 286 g/mol. The lowest BCUT2D eigenvalue weighted by Gasteiger charge is -2.56. The van der Waals surface area contributed by atoms with Gasteiger partial charge in [-0.15, -0.1) is 0 Å². The number of aryl methyl sites for hydroxylation is 1. The number of nitrogens with one attached hydrogen (secondary N) is 1. The SMILES string of the molecule is Cc1ccc(CO)cc1NC(=O)CC12CC3CC(CC(C3)C1)C2. The van der Waals surface area contributed by atoms with E-state index in [1.165, 1.54) is 38.5 Å². The number of rotatable bonds is 4. The fourth-order valence-corrected chi connectivity index (χ4v) is 5.94. The molecule has 0 atom stereocenters. The van der Waals surface area contributed by atoms with Crippen LogP contribution in [0.15, 0.2) is 18.2 Å². The molecule has 2 N–H and O–H groups in total. The van der Waals surface area contributed by atoms with E-state index in [0.717, 1.165) is 34.6 Å². The van der Waals surface area contributed by atoms with Gasteiger partial charge in [-0.2, -0.15) is 0 Å². The van der Waals surface area contributed by atoms with Crippen LogP contribution in [0.3, 0.4) is 0 Å². The smallest absolute Gasteiger partial charge is 0.224 e. The van der Waals surface area contributed by atoms with Crippen molar-refractivity contribution in [2.75, 3.05) is 5.32 Å². The molecule has 0 unspecified atom stereocenters. The molecule has 1 aromatic rings. The molecule has 1 aromatic carbocycles. The number of benzene rings is 1. The Kier molecular flexibility index (Phi) is 3.72. The second kappa shape index (κ2) is 5.62. The Morgan fingerprint density at radius 3 is 2.35 bits per heavy atom. The minimum atomic E-state index is 0.0120. The predicted molar refractivity (Wildman–Crippen MR) is 91.0 cm³/mol. The first-order chi connectivity index (χ1) is 11.0. The molecule has 3 nitrogen and oxygen atoms in total. The summed E-state index contributed by atoms with van der Waals surface area (Å²) in [6.45, 7) is 2.01. The van der Waals surface area contributed by atoms with Crippen LogP contribution in [-0.2, 0) is 11.4 Å². The summed E-state index contributed by atoms with van der Waals surface area (Å²) >= 11 is 0. The average molecular weight is 313 g/mol. The van der Waals surface area contributed by atoms with Crippen LogP contribution in [0.1, 0.15) is 56.1 Å². The maximum Gasteiger partial charge on any atom is 0.224 e. The quantitative estimate of drug-likeness (QED) is 0.881. The topological polar surface area (TPSA) is 49.3 Å². The predicted octanol–water partition coefficient (Wildman–Crippen LogP) is 4.03. The summed E-state index contributed by atoms with van der Waals surface area (Å²) in [7, 11) is 0.